The first-order valence-corrected chi connectivity index (χ1v) is 10.3. The Bertz CT molecular complexity index is 997. The molecule has 3 unspecified atom stereocenters. The highest BCUT2D eigenvalue weighted by molar-refractivity contribution is 5.68. The lowest BCUT2D eigenvalue weighted by Gasteiger charge is -2.45. The Hall–Kier alpha value is -2.37. The summed E-state index contributed by atoms with van der Waals surface area (Å²) in [6.45, 7) is -3.94. The second-order valence-electron chi connectivity index (χ2n) is 9.17. The molecule has 3 N–H and O–H groups in total. The summed E-state index contributed by atoms with van der Waals surface area (Å²) in [6, 6.07) is 0. The molecule has 3 atom stereocenters. The van der Waals surface area contributed by atoms with Crippen molar-refractivity contribution in [1.82, 2.24) is 0 Å². The zero-order valence-electron chi connectivity index (χ0n) is 20.6. The Kier molecular flexibility index (Phi) is 10.6. The normalized spacial score (nSPS) is 17.5. The van der Waals surface area contributed by atoms with E-state index in [1.165, 1.54) is 0 Å². The van der Waals surface area contributed by atoms with Crippen LogP contribution in [0.2, 0.25) is 0 Å². The number of rotatable bonds is 14. The van der Waals surface area contributed by atoms with Crippen molar-refractivity contribution in [2.45, 2.75) is 66.9 Å². The zero-order valence-corrected chi connectivity index (χ0v) is 20.6. The van der Waals surface area contributed by atoms with Crippen molar-refractivity contribution in [1.29, 1.82) is 0 Å². The number of carbonyl (C=O) groups is 2. The number of likely N-dealkylation sites (N-methyl/N-ethyl adjacent to an activating group) is 1. The lowest BCUT2D eigenvalue weighted by Crippen LogP contribution is -2.75. The monoisotopic (exact) mass is 668 g/mol. The van der Waals surface area contributed by atoms with Gasteiger partial charge in [0.25, 0.3) is 0 Å². The summed E-state index contributed by atoms with van der Waals surface area (Å²) in [5.74, 6) is -67.2. The number of carboxylic acids is 1. The lowest BCUT2D eigenvalue weighted by molar-refractivity contribution is -0.934. The third-order valence-electron chi connectivity index (χ3n) is 5.66. The molecule has 250 valence electrons. The predicted octanol–water partition coefficient (Wildman–Crippen LogP) is 4.02. The van der Waals surface area contributed by atoms with E-state index in [1.54, 1.807) is 0 Å². The van der Waals surface area contributed by atoms with Gasteiger partial charge in [-0.15, -0.1) is 0 Å². The molecule has 0 saturated heterocycles. The molecule has 0 radical (unpaired) electrons. The minimum atomic E-state index is -8.89. The minimum Gasteiger partial charge on any atom is -0.477 e. The molecule has 0 amide bonds. The number of aliphatic carboxylic acids is 1. The number of esters is 1. The summed E-state index contributed by atoms with van der Waals surface area (Å²) in [7, 11) is 1.10. The molecular weight excluding hydrogens is 649 g/mol. The minimum absolute atomic E-state index is 0.230. The van der Waals surface area contributed by atoms with E-state index < -0.39 is 95.5 Å². The van der Waals surface area contributed by atoms with Crippen LogP contribution in [0, 0.1) is 5.92 Å². The van der Waals surface area contributed by atoms with Crippen molar-refractivity contribution in [3.05, 3.63) is 0 Å². The first kappa shape index (κ1) is 39.6. The number of carbonyl (C=O) groups excluding carboxylic acids is 1. The molecule has 0 aliphatic heterocycles. The van der Waals surface area contributed by atoms with Crippen LogP contribution in [-0.4, -0.2) is 119 Å². The highest BCUT2D eigenvalue weighted by Gasteiger charge is 2.95. The van der Waals surface area contributed by atoms with E-state index in [-0.39, 0.29) is 6.92 Å². The molecule has 0 aromatic rings. The smallest absolute Gasteiger partial charge is 0.460 e. The van der Waals surface area contributed by atoms with Gasteiger partial charge in [-0.1, -0.05) is 0 Å². The third kappa shape index (κ3) is 6.01. The lowest BCUT2D eigenvalue weighted by atomic mass is 9.82. The first-order valence-electron chi connectivity index (χ1n) is 10.3. The Balaban J connectivity index is 7.25. The van der Waals surface area contributed by atoms with Crippen LogP contribution < -0.4 is 0 Å². The number of aliphatic hydroxyl groups is 2. The summed E-state index contributed by atoms with van der Waals surface area (Å²) in [5.41, 5.74) is 0. The van der Waals surface area contributed by atoms with Crippen molar-refractivity contribution < 1.29 is 109 Å². The van der Waals surface area contributed by atoms with Crippen LogP contribution in [0.1, 0.15) is 6.92 Å². The van der Waals surface area contributed by atoms with Crippen molar-refractivity contribution in [3.8, 4) is 0 Å². The molecule has 0 saturated carbocycles. The Labute approximate surface area is 222 Å². The highest BCUT2D eigenvalue weighted by atomic mass is 19.4. The second kappa shape index (κ2) is 11.3. The number of ether oxygens (including phenoxy) is 1. The second-order valence-corrected chi connectivity index (χ2v) is 9.17. The van der Waals surface area contributed by atoms with Gasteiger partial charge in [-0.25, -0.2) is 4.79 Å². The number of quaternary nitrogens is 1. The SMILES string of the molecule is CC(=O)OC(C(CO)C(F)(F)C(F)(F)C(F)(F)C(F)(F)C(F)(F)C(F)(F)C(F)(F)C(F)(F)F)C(O)[N+](C)(C)CC(=O)O. The average molecular weight is 668 g/mol. The maximum Gasteiger partial charge on any atom is 0.460 e. The summed E-state index contributed by atoms with van der Waals surface area (Å²) in [5, 5.41) is 28.2. The largest absolute Gasteiger partial charge is 0.477 e. The Morgan fingerprint density at radius 3 is 1.31 bits per heavy atom. The maximum absolute atomic E-state index is 14.8. The number of aliphatic hydroxyl groups excluding tert-OH is 2. The van der Waals surface area contributed by atoms with Crippen LogP contribution in [0.4, 0.5) is 74.6 Å². The number of carboxylic acid groups (broad SMARTS) is 1. The fourth-order valence-corrected chi connectivity index (χ4v) is 3.22. The molecule has 0 aromatic heterocycles. The van der Waals surface area contributed by atoms with Gasteiger partial charge >= 0.3 is 59.6 Å². The van der Waals surface area contributed by atoms with Crippen LogP contribution >= 0.6 is 0 Å². The van der Waals surface area contributed by atoms with Gasteiger partial charge in [-0.05, 0) is 0 Å². The van der Waals surface area contributed by atoms with Crippen molar-refractivity contribution in [2.75, 3.05) is 27.2 Å². The van der Waals surface area contributed by atoms with Gasteiger partial charge in [0.2, 0.25) is 6.23 Å². The molecule has 0 aliphatic carbocycles. The molecule has 24 heteroatoms. The van der Waals surface area contributed by atoms with E-state index >= 15 is 0 Å². The summed E-state index contributed by atoms with van der Waals surface area (Å²) in [6.07, 6.45) is -14.6. The van der Waals surface area contributed by atoms with Gasteiger partial charge in [0.15, 0.2) is 12.6 Å². The number of nitrogens with zero attached hydrogens (tertiary/aromatic N) is 1. The Morgan fingerprint density at radius 1 is 0.690 bits per heavy atom. The van der Waals surface area contributed by atoms with Gasteiger partial charge in [-0.2, -0.15) is 74.6 Å². The summed E-state index contributed by atoms with van der Waals surface area (Å²) >= 11 is 0. The predicted molar refractivity (Wildman–Crippen MR) is 97.4 cm³/mol. The average Bonchev–Trinajstić information content (AvgIpc) is 2.75. The quantitative estimate of drug-likeness (QED) is 0.112. The standard InChI is InChI=1S/C18H18F17NO6/c1-6(38)42-9(10(41)36(2,3)4-8(39)40)7(5-37)11(19,20)12(21,22)13(23,24)14(25,26)15(27,28)16(29,30)17(31,32)18(33,34)35/h7,9-10,37,41H,4-5H2,1-3H3/p+1. The van der Waals surface area contributed by atoms with E-state index in [2.05, 4.69) is 4.74 Å². The zero-order chi connectivity index (χ0) is 34.5. The van der Waals surface area contributed by atoms with E-state index in [0.717, 1.165) is 0 Å². The van der Waals surface area contributed by atoms with Crippen LogP contribution in [-0.2, 0) is 14.3 Å². The van der Waals surface area contributed by atoms with Gasteiger partial charge in [0.05, 0.1) is 26.6 Å². The molecular formula is C18H19F17NO6+. The van der Waals surface area contributed by atoms with Gasteiger partial charge < -0.3 is 20.1 Å². The Morgan fingerprint density at radius 2 is 1.02 bits per heavy atom. The fourth-order valence-electron chi connectivity index (χ4n) is 3.22. The first-order chi connectivity index (χ1) is 18.1. The molecule has 0 heterocycles. The molecule has 0 fully saturated rings. The van der Waals surface area contributed by atoms with Crippen LogP contribution in [0.5, 0.6) is 0 Å². The molecule has 0 aromatic carbocycles. The molecule has 0 bridgehead atoms. The maximum atomic E-state index is 14.8. The number of halogens is 17. The van der Waals surface area contributed by atoms with Crippen LogP contribution in [0.15, 0.2) is 0 Å². The summed E-state index contributed by atoms with van der Waals surface area (Å²) in [4.78, 5) is 22.2. The summed E-state index contributed by atoms with van der Waals surface area (Å²) < 4.78 is 234. The molecule has 7 nitrogen and oxygen atoms in total. The molecule has 0 rings (SSSR count). The van der Waals surface area contributed by atoms with E-state index in [0.29, 0.717) is 14.1 Å². The third-order valence-corrected chi connectivity index (χ3v) is 5.66. The van der Waals surface area contributed by atoms with Gasteiger partial charge in [0, 0.05) is 6.92 Å². The number of alkyl halides is 17. The van der Waals surface area contributed by atoms with Crippen LogP contribution in [0.25, 0.3) is 0 Å². The van der Waals surface area contributed by atoms with Crippen molar-refractivity contribution in [2.24, 2.45) is 5.92 Å². The topological polar surface area (TPSA) is 104 Å². The van der Waals surface area contributed by atoms with Gasteiger partial charge in [0.1, 0.15) is 0 Å². The van der Waals surface area contributed by atoms with E-state index in [4.69, 9.17) is 5.11 Å². The number of hydrogen-bond donors (Lipinski definition) is 3. The van der Waals surface area contributed by atoms with Gasteiger partial charge in [-0.3, -0.25) is 9.28 Å². The fraction of sp³-hybridized carbons (Fsp3) is 0.889. The highest BCUT2D eigenvalue weighted by Crippen LogP contribution is 2.64. The number of hydrogen-bond acceptors (Lipinski definition) is 5. The molecule has 0 aliphatic rings. The van der Waals surface area contributed by atoms with E-state index in [1.807, 2.05) is 0 Å². The molecule has 42 heavy (non-hydrogen) atoms. The van der Waals surface area contributed by atoms with Crippen molar-refractivity contribution in [3.63, 3.8) is 0 Å². The van der Waals surface area contributed by atoms with Crippen LogP contribution in [0.3, 0.4) is 0 Å². The van der Waals surface area contributed by atoms with E-state index in [9.17, 15) is 94.4 Å². The van der Waals surface area contributed by atoms with Crippen molar-refractivity contribution >= 4 is 11.9 Å². The molecule has 0 spiro atoms.